The van der Waals surface area contributed by atoms with Gasteiger partial charge in [-0.25, -0.2) is 10.5 Å². The zero-order chi connectivity index (χ0) is 21.4. The topological polar surface area (TPSA) is 132 Å². The van der Waals surface area contributed by atoms with Gasteiger partial charge in [-0.15, -0.1) is 5.10 Å². The lowest BCUT2D eigenvalue weighted by atomic mass is 10.0. The Kier molecular flexibility index (Phi) is 8.62. The summed E-state index contributed by atoms with van der Waals surface area (Å²) < 4.78 is 1.17. The molecular weight excluding hydrogens is 382 g/mol. The molecule has 28 heavy (non-hydrogen) atoms. The first-order chi connectivity index (χ1) is 13.3. The molecule has 0 aliphatic carbocycles. The molecule has 0 atom stereocenters. The molecular formula is C18H26ClN7O2. The number of hydrogen-bond donors (Lipinski definition) is 3. The average Bonchev–Trinajstić information content (AvgIpc) is 2.67. The zero-order valence-electron chi connectivity index (χ0n) is 16.7. The quantitative estimate of drug-likeness (QED) is 0.307. The van der Waals surface area contributed by atoms with Crippen LogP contribution in [0.5, 0.6) is 0 Å². The molecule has 1 aromatic heterocycles. The van der Waals surface area contributed by atoms with E-state index in [0.29, 0.717) is 5.56 Å². The highest BCUT2D eigenvalue weighted by atomic mass is 35.5. The summed E-state index contributed by atoms with van der Waals surface area (Å²) in [4.78, 5) is 25.3. The lowest BCUT2D eigenvalue weighted by molar-refractivity contribution is 0.0965. The van der Waals surface area contributed by atoms with E-state index >= 15 is 0 Å². The SMILES string of the molecule is CC.CCn1nc(C(=O)N/C(=N/N)N(C)N)c(Cl)c(-c2cccc(C)c2)c1=O. The molecule has 10 heteroatoms. The summed E-state index contributed by atoms with van der Waals surface area (Å²) in [5.74, 6) is 9.96. The molecule has 0 fully saturated rings. The number of aryl methyl sites for hydroxylation is 2. The summed E-state index contributed by atoms with van der Waals surface area (Å²) in [7, 11) is 1.45. The molecule has 0 saturated carbocycles. The maximum absolute atomic E-state index is 12.7. The van der Waals surface area contributed by atoms with Crippen molar-refractivity contribution in [1.82, 2.24) is 20.1 Å². The Morgan fingerprint density at radius 3 is 2.54 bits per heavy atom. The number of nitrogens with zero attached hydrogens (tertiary/aromatic N) is 4. The fourth-order valence-electron chi connectivity index (χ4n) is 2.33. The Balaban J connectivity index is 0.00000190. The highest BCUT2D eigenvalue weighted by molar-refractivity contribution is 6.36. The summed E-state index contributed by atoms with van der Waals surface area (Å²) >= 11 is 6.38. The fourth-order valence-corrected chi connectivity index (χ4v) is 2.65. The van der Waals surface area contributed by atoms with Crippen LogP contribution in [-0.4, -0.2) is 33.7 Å². The molecule has 0 saturated heterocycles. The summed E-state index contributed by atoms with van der Waals surface area (Å²) in [6.07, 6.45) is 0. The minimum atomic E-state index is -0.687. The van der Waals surface area contributed by atoms with E-state index < -0.39 is 5.91 Å². The number of guanidine groups is 1. The second kappa shape index (κ2) is 10.4. The number of carbonyl (C=O) groups excluding carboxylic acids is 1. The van der Waals surface area contributed by atoms with Crippen LogP contribution in [0.2, 0.25) is 5.02 Å². The van der Waals surface area contributed by atoms with Crippen LogP contribution < -0.4 is 22.6 Å². The van der Waals surface area contributed by atoms with E-state index in [2.05, 4.69) is 15.5 Å². The van der Waals surface area contributed by atoms with Crippen molar-refractivity contribution in [3.05, 3.63) is 50.9 Å². The van der Waals surface area contributed by atoms with Gasteiger partial charge < -0.3 is 5.84 Å². The molecule has 1 heterocycles. The van der Waals surface area contributed by atoms with Crippen molar-refractivity contribution in [2.75, 3.05) is 7.05 Å². The predicted molar refractivity (Wildman–Crippen MR) is 112 cm³/mol. The number of benzene rings is 1. The maximum Gasteiger partial charge on any atom is 0.280 e. The highest BCUT2D eigenvalue weighted by Gasteiger charge is 2.23. The van der Waals surface area contributed by atoms with E-state index in [1.807, 2.05) is 32.9 Å². The molecule has 2 rings (SSSR count). The van der Waals surface area contributed by atoms with Crippen molar-refractivity contribution in [2.45, 2.75) is 34.2 Å². The largest absolute Gasteiger partial charge is 0.320 e. The van der Waals surface area contributed by atoms with E-state index in [4.69, 9.17) is 23.3 Å². The summed E-state index contributed by atoms with van der Waals surface area (Å²) in [5, 5.41) is 10.8. The van der Waals surface area contributed by atoms with Crippen LogP contribution in [0.4, 0.5) is 0 Å². The lowest BCUT2D eigenvalue weighted by Gasteiger charge is -2.16. The van der Waals surface area contributed by atoms with Crippen LogP contribution >= 0.6 is 11.6 Å². The molecule has 1 aromatic carbocycles. The molecule has 0 spiro atoms. The van der Waals surface area contributed by atoms with Gasteiger partial charge in [0.1, 0.15) is 0 Å². The summed E-state index contributed by atoms with van der Waals surface area (Å²) in [6, 6.07) is 7.26. The van der Waals surface area contributed by atoms with Crippen molar-refractivity contribution in [1.29, 1.82) is 0 Å². The Morgan fingerprint density at radius 1 is 1.39 bits per heavy atom. The lowest BCUT2D eigenvalue weighted by Crippen LogP contribution is -2.47. The number of carbonyl (C=O) groups is 1. The van der Waals surface area contributed by atoms with Crippen LogP contribution in [0, 0.1) is 6.92 Å². The standard InChI is InChI=1S/C16H20ClN7O2.C2H6/c1-4-24-15(26)11(10-7-5-6-9(2)8-10)12(17)13(22-24)14(25)20-16(21-18)23(3)19;1-2/h5-8H,4,18-19H2,1-3H3,(H,20,21,25);1-2H3. The molecule has 152 valence electrons. The van der Waals surface area contributed by atoms with Crippen molar-refractivity contribution < 1.29 is 4.79 Å². The molecule has 0 unspecified atom stereocenters. The van der Waals surface area contributed by atoms with Gasteiger partial charge in [0.2, 0.25) is 5.96 Å². The van der Waals surface area contributed by atoms with E-state index in [-0.39, 0.29) is 34.3 Å². The van der Waals surface area contributed by atoms with Crippen molar-refractivity contribution in [3.63, 3.8) is 0 Å². The molecule has 2 aromatic rings. The molecule has 0 aliphatic rings. The van der Waals surface area contributed by atoms with E-state index in [9.17, 15) is 9.59 Å². The second-order valence-corrected chi connectivity index (χ2v) is 5.92. The number of halogens is 1. The van der Waals surface area contributed by atoms with Gasteiger partial charge in [0.25, 0.3) is 11.5 Å². The first kappa shape index (κ1) is 23.1. The van der Waals surface area contributed by atoms with Crippen LogP contribution in [0.3, 0.4) is 0 Å². The van der Waals surface area contributed by atoms with Gasteiger partial charge in [-0.05, 0) is 19.4 Å². The Labute approximate surface area is 168 Å². The number of amides is 1. The Morgan fingerprint density at radius 2 is 2.04 bits per heavy atom. The summed E-state index contributed by atoms with van der Waals surface area (Å²) in [5.41, 5.74) is 1.23. The maximum atomic E-state index is 12.7. The van der Waals surface area contributed by atoms with Crippen molar-refractivity contribution in [3.8, 4) is 11.1 Å². The number of hydrazine groups is 1. The molecule has 9 nitrogen and oxygen atoms in total. The van der Waals surface area contributed by atoms with Gasteiger partial charge in [-0.1, -0.05) is 55.3 Å². The number of hydrazone groups is 1. The third-order valence-corrected chi connectivity index (χ3v) is 3.97. The smallest absolute Gasteiger partial charge is 0.280 e. The molecule has 1 amide bonds. The number of nitrogens with two attached hydrogens (primary N) is 2. The van der Waals surface area contributed by atoms with Gasteiger partial charge >= 0.3 is 0 Å². The minimum Gasteiger partial charge on any atom is -0.320 e. The number of nitrogens with one attached hydrogen (secondary N) is 1. The number of aromatic nitrogens is 2. The molecule has 5 N–H and O–H groups in total. The monoisotopic (exact) mass is 407 g/mol. The van der Waals surface area contributed by atoms with Crippen molar-refractivity contribution in [2.24, 2.45) is 16.8 Å². The van der Waals surface area contributed by atoms with Gasteiger partial charge in [-0.3, -0.25) is 19.9 Å². The minimum absolute atomic E-state index is 0.0566. The molecule has 0 aliphatic heterocycles. The average molecular weight is 408 g/mol. The van der Waals surface area contributed by atoms with Crippen LogP contribution in [0.1, 0.15) is 36.8 Å². The first-order valence-corrected chi connectivity index (χ1v) is 9.13. The van der Waals surface area contributed by atoms with Gasteiger partial charge in [0.15, 0.2) is 5.69 Å². The molecule has 0 bridgehead atoms. The fraction of sp³-hybridized carbons (Fsp3) is 0.333. The zero-order valence-corrected chi connectivity index (χ0v) is 17.4. The summed E-state index contributed by atoms with van der Waals surface area (Å²) in [6.45, 7) is 7.90. The van der Waals surface area contributed by atoms with Crippen LogP contribution in [0.15, 0.2) is 34.2 Å². The first-order valence-electron chi connectivity index (χ1n) is 8.75. The normalized spacial score (nSPS) is 10.8. The van der Waals surface area contributed by atoms with Gasteiger partial charge in [0.05, 0.1) is 10.6 Å². The van der Waals surface area contributed by atoms with E-state index in [1.54, 1.807) is 19.1 Å². The second-order valence-electron chi connectivity index (χ2n) is 5.55. The van der Waals surface area contributed by atoms with Gasteiger partial charge in [-0.2, -0.15) is 5.10 Å². The number of rotatable bonds is 3. The third kappa shape index (κ3) is 5.08. The predicted octanol–water partition coefficient (Wildman–Crippen LogP) is 1.68. The Hall–Kier alpha value is -2.91. The van der Waals surface area contributed by atoms with Crippen LogP contribution in [-0.2, 0) is 6.54 Å². The van der Waals surface area contributed by atoms with Gasteiger partial charge in [0, 0.05) is 13.6 Å². The molecule has 0 radical (unpaired) electrons. The highest BCUT2D eigenvalue weighted by Crippen LogP contribution is 2.27. The van der Waals surface area contributed by atoms with Crippen LogP contribution in [0.25, 0.3) is 11.1 Å². The van der Waals surface area contributed by atoms with E-state index in [1.165, 1.54) is 11.7 Å². The van der Waals surface area contributed by atoms with Crippen molar-refractivity contribution >= 4 is 23.5 Å². The third-order valence-electron chi connectivity index (χ3n) is 3.60. The Bertz CT molecular complexity index is 923. The number of hydrogen-bond acceptors (Lipinski definition) is 6. The van der Waals surface area contributed by atoms with E-state index in [0.717, 1.165) is 10.6 Å².